The van der Waals surface area contributed by atoms with Gasteiger partial charge in [0.15, 0.2) is 0 Å². The highest BCUT2D eigenvalue weighted by atomic mass is 32.2. The third-order valence-corrected chi connectivity index (χ3v) is 7.08. The normalized spacial score (nSPS) is 18.7. The van der Waals surface area contributed by atoms with Crippen molar-refractivity contribution in [2.75, 3.05) is 26.0 Å². The summed E-state index contributed by atoms with van der Waals surface area (Å²) in [6.45, 7) is 1.42. The fourth-order valence-corrected chi connectivity index (χ4v) is 4.61. The first-order chi connectivity index (χ1) is 15.1. The van der Waals surface area contributed by atoms with Crippen LogP contribution in [0, 0.1) is 0 Å². The van der Waals surface area contributed by atoms with Crippen molar-refractivity contribution in [1.29, 1.82) is 0 Å². The maximum absolute atomic E-state index is 13.3. The molecule has 10 heteroatoms. The number of imide groups is 1. The van der Waals surface area contributed by atoms with Gasteiger partial charge < -0.3 is 10.6 Å². The lowest BCUT2D eigenvalue weighted by molar-refractivity contribution is -0.134. The first kappa shape index (κ1) is 23.4. The second-order valence-corrected chi connectivity index (χ2v) is 9.86. The lowest BCUT2D eigenvalue weighted by Crippen LogP contribution is -2.44. The average molecular weight is 459 g/mol. The highest BCUT2D eigenvalue weighted by molar-refractivity contribution is 7.89. The van der Waals surface area contributed by atoms with Gasteiger partial charge in [0.1, 0.15) is 12.1 Å². The van der Waals surface area contributed by atoms with Gasteiger partial charge in [-0.2, -0.15) is 0 Å². The molecule has 1 saturated heterocycles. The minimum Gasteiger partial charge on any atom is -0.324 e. The minimum absolute atomic E-state index is 0.0151. The molecule has 2 N–H and O–H groups in total. The van der Waals surface area contributed by atoms with Gasteiger partial charge in [0.25, 0.3) is 5.91 Å². The minimum atomic E-state index is -3.67. The zero-order valence-electron chi connectivity index (χ0n) is 18.2. The van der Waals surface area contributed by atoms with Crippen LogP contribution in [-0.2, 0) is 25.2 Å². The van der Waals surface area contributed by atoms with Gasteiger partial charge in [-0.1, -0.05) is 49.7 Å². The van der Waals surface area contributed by atoms with Crippen LogP contribution in [0.2, 0.25) is 0 Å². The fourth-order valence-electron chi connectivity index (χ4n) is 3.67. The number of nitrogens with zero attached hydrogens (tertiary/aromatic N) is 2. The predicted molar refractivity (Wildman–Crippen MR) is 119 cm³/mol. The molecular formula is C22H26N4O5S. The average Bonchev–Trinajstić information content (AvgIpc) is 2.99. The van der Waals surface area contributed by atoms with E-state index < -0.39 is 40.0 Å². The van der Waals surface area contributed by atoms with Crippen LogP contribution in [0.5, 0.6) is 0 Å². The summed E-state index contributed by atoms with van der Waals surface area (Å²) in [5.41, 5.74) is -0.315. The largest absolute Gasteiger partial charge is 0.325 e. The summed E-state index contributed by atoms with van der Waals surface area (Å²) in [6, 6.07) is 14.1. The first-order valence-corrected chi connectivity index (χ1v) is 11.6. The molecule has 0 aromatic heterocycles. The predicted octanol–water partition coefficient (Wildman–Crippen LogP) is 2.12. The maximum atomic E-state index is 13.3. The number of urea groups is 1. The van der Waals surface area contributed by atoms with E-state index in [4.69, 9.17) is 0 Å². The molecular weight excluding hydrogens is 432 g/mol. The molecule has 2 aromatic carbocycles. The molecule has 0 spiro atoms. The Morgan fingerprint density at radius 3 is 2.41 bits per heavy atom. The van der Waals surface area contributed by atoms with E-state index >= 15 is 0 Å². The molecule has 0 bridgehead atoms. The van der Waals surface area contributed by atoms with E-state index in [1.807, 2.05) is 13.0 Å². The number of amides is 4. The molecule has 1 heterocycles. The molecule has 1 unspecified atom stereocenters. The van der Waals surface area contributed by atoms with Crippen LogP contribution in [-0.4, -0.2) is 56.1 Å². The van der Waals surface area contributed by atoms with E-state index in [1.165, 1.54) is 38.4 Å². The van der Waals surface area contributed by atoms with Crippen molar-refractivity contribution in [3.05, 3.63) is 60.2 Å². The van der Waals surface area contributed by atoms with Crippen molar-refractivity contribution in [1.82, 2.24) is 14.5 Å². The maximum Gasteiger partial charge on any atom is 0.325 e. The number of rotatable bonds is 8. The molecule has 1 fully saturated rings. The number of carbonyl (C=O) groups is 3. The van der Waals surface area contributed by atoms with Gasteiger partial charge in [-0.15, -0.1) is 0 Å². The molecule has 1 aliphatic heterocycles. The molecule has 2 aromatic rings. The smallest absolute Gasteiger partial charge is 0.324 e. The van der Waals surface area contributed by atoms with Gasteiger partial charge in [0, 0.05) is 19.8 Å². The summed E-state index contributed by atoms with van der Waals surface area (Å²) < 4.78 is 25.7. The zero-order chi connectivity index (χ0) is 23.5. The standard InChI is InChI=1S/C22H26N4O5S/c1-4-13-22(16-9-6-5-7-10-16)20(28)26(21(29)24-22)15-19(27)23-17-11-8-12-18(14-17)32(30,31)25(2)3/h5-12,14H,4,13,15H2,1-3H3,(H,23,27)(H,24,29). The van der Waals surface area contributed by atoms with Crippen molar-refractivity contribution in [3.63, 3.8) is 0 Å². The Morgan fingerprint density at radius 2 is 1.78 bits per heavy atom. The number of carbonyl (C=O) groups excluding carboxylic acids is 3. The summed E-state index contributed by atoms with van der Waals surface area (Å²) in [4.78, 5) is 39.4. The Balaban J connectivity index is 1.79. The molecule has 9 nitrogen and oxygen atoms in total. The lowest BCUT2D eigenvalue weighted by atomic mass is 9.85. The van der Waals surface area contributed by atoms with Crippen LogP contribution in [0.1, 0.15) is 25.3 Å². The summed E-state index contributed by atoms with van der Waals surface area (Å²) in [5, 5.41) is 5.33. The molecule has 1 aliphatic rings. The molecule has 4 amide bonds. The third-order valence-electron chi connectivity index (χ3n) is 5.27. The number of nitrogens with one attached hydrogen (secondary N) is 2. The summed E-state index contributed by atoms with van der Waals surface area (Å²) in [7, 11) is -0.854. The highest BCUT2D eigenvalue weighted by Gasteiger charge is 2.52. The van der Waals surface area contributed by atoms with Crippen LogP contribution in [0.3, 0.4) is 0 Å². The van der Waals surface area contributed by atoms with E-state index in [0.29, 0.717) is 18.4 Å². The monoisotopic (exact) mass is 458 g/mol. The van der Waals surface area contributed by atoms with Crippen LogP contribution < -0.4 is 10.6 Å². The van der Waals surface area contributed by atoms with Crippen LogP contribution in [0.15, 0.2) is 59.5 Å². The lowest BCUT2D eigenvalue weighted by Gasteiger charge is -2.26. The van der Waals surface area contributed by atoms with E-state index in [2.05, 4.69) is 10.6 Å². The van der Waals surface area contributed by atoms with Crippen LogP contribution >= 0.6 is 0 Å². The highest BCUT2D eigenvalue weighted by Crippen LogP contribution is 2.33. The Labute approximate surface area is 187 Å². The van der Waals surface area contributed by atoms with Crippen LogP contribution in [0.4, 0.5) is 10.5 Å². The first-order valence-electron chi connectivity index (χ1n) is 10.1. The Bertz CT molecular complexity index is 1130. The van der Waals surface area contributed by atoms with E-state index in [1.54, 1.807) is 24.3 Å². The van der Waals surface area contributed by atoms with Gasteiger partial charge in [0.05, 0.1) is 4.90 Å². The Morgan fingerprint density at radius 1 is 1.09 bits per heavy atom. The van der Waals surface area contributed by atoms with Crippen molar-refractivity contribution in [2.24, 2.45) is 0 Å². The number of anilines is 1. The van der Waals surface area contributed by atoms with Gasteiger partial charge >= 0.3 is 6.03 Å². The fraction of sp³-hybridized carbons (Fsp3) is 0.318. The molecule has 0 radical (unpaired) electrons. The van der Waals surface area contributed by atoms with Gasteiger partial charge in [-0.05, 0) is 30.2 Å². The van der Waals surface area contributed by atoms with E-state index in [0.717, 1.165) is 9.21 Å². The van der Waals surface area contributed by atoms with E-state index in [9.17, 15) is 22.8 Å². The van der Waals surface area contributed by atoms with Crippen LogP contribution in [0.25, 0.3) is 0 Å². The number of hydrogen-bond donors (Lipinski definition) is 2. The zero-order valence-corrected chi connectivity index (χ0v) is 19.0. The van der Waals surface area contributed by atoms with Gasteiger partial charge in [0.2, 0.25) is 15.9 Å². The molecule has 170 valence electrons. The molecule has 1 atom stereocenters. The number of benzene rings is 2. The van der Waals surface area contributed by atoms with E-state index in [-0.39, 0.29) is 10.6 Å². The van der Waals surface area contributed by atoms with Crippen molar-refractivity contribution < 1.29 is 22.8 Å². The Hall–Kier alpha value is -3.24. The summed E-state index contributed by atoms with van der Waals surface area (Å²) in [6.07, 6.45) is 1.04. The summed E-state index contributed by atoms with van der Waals surface area (Å²) in [5.74, 6) is -1.11. The number of hydrogen-bond acceptors (Lipinski definition) is 5. The van der Waals surface area contributed by atoms with Crippen molar-refractivity contribution in [2.45, 2.75) is 30.2 Å². The molecule has 32 heavy (non-hydrogen) atoms. The second-order valence-electron chi connectivity index (χ2n) is 7.71. The SMILES string of the molecule is CCCC1(c2ccccc2)NC(=O)N(CC(=O)Nc2cccc(S(=O)(=O)N(C)C)c2)C1=O. The van der Waals surface area contributed by atoms with Gasteiger partial charge in [-0.3, -0.25) is 14.5 Å². The topological polar surface area (TPSA) is 116 Å². The molecule has 0 aliphatic carbocycles. The van der Waals surface area contributed by atoms with Gasteiger partial charge in [-0.25, -0.2) is 17.5 Å². The van der Waals surface area contributed by atoms with Crippen molar-refractivity contribution in [3.8, 4) is 0 Å². The second kappa shape index (κ2) is 9.09. The molecule has 0 saturated carbocycles. The summed E-state index contributed by atoms with van der Waals surface area (Å²) >= 11 is 0. The quantitative estimate of drug-likeness (QED) is 0.588. The number of sulfonamides is 1. The Kier molecular flexibility index (Phi) is 6.65. The molecule has 3 rings (SSSR count). The third kappa shape index (κ3) is 4.37. The van der Waals surface area contributed by atoms with Crippen molar-refractivity contribution >= 4 is 33.6 Å².